The summed E-state index contributed by atoms with van der Waals surface area (Å²) in [4.78, 5) is 17.3. The second kappa shape index (κ2) is 10.4. The maximum Gasteiger partial charge on any atom is 0.234 e. The molecular weight excluding hydrogens is 346 g/mol. The molecule has 1 amide bonds. The highest BCUT2D eigenvalue weighted by atomic mass is 16.2. The zero-order chi connectivity index (χ0) is 19.8. The Labute approximate surface area is 169 Å². The molecule has 0 radical (unpaired) electrons. The molecule has 2 aromatic rings. The third-order valence-corrected chi connectivity index (χ3v) is 5.56. The van der Waals surface area contributed by atoms with Gasteiger partial charge in [0, 0.05) is 19.6 Å². The summed E-state index contributed by atoms with van der Waals surface area (Å²) in [5, 5.41) is 3.16. The molecule has 0 aliphatic carbocycles. The predicted octanol–water partition coefficient (Wildman–Crippen LogP) is 3.63. The van der Waals surface area contributed by atoms with E-state index in [1.807, 2.05) is 0 Å². The maximum absolute atomic E-state index is 12.5. The lowest BCUT2D eigenvalue weighted by atomic mass is 10.1. The van der Waals surface area contributed by atoms with Gasteiger partial charge in [0.1, 0.15) is 0 Å². The smallest absolute Gasteiger partial charge is 0.234 e. The Kier molecular flexibility index (Phi) is 7.63. The number of amides is 1. The normalized spacial score (nSPS) is 17.1. The van der Waals surface area contributed by atoms with Gasteiger partial charge in [-0.05, 0) is 49.5 Å². The van der Waals surface area contributed by atoms with Crippen molar-refractivity contribution < 1.29 is 4.79 Å². The van der Waals surface area contributed by atoms with E-state index in [1.165, 1.54) is 11.1 Å². The zero-order valence-corrected chi connectivity index (χ0v) is 17.2. The number of carbonyl (C=O) groups excluding carboxylic acids is 1. The molecule has 4 heteroatoms. The van der Waals surface area contributed by atoms with Gasteiger partial charge < -0.3 is 5.32 Å². The van der Waals surface area contributed by atoms with Crippen LogP contribution in [0.5, 0.6) is 0 Å². The minimum Gasteiger partial charge on any atom is -0.348 e. The summed E-state index contributed by atoms with van der Waals surface area (Å²) in [5.41, 5.74) is 3.85. The van der Waals surface area contributed by atoms with E-state index in [-0.39, 0.29) is 11.9 Å². The van der Waals surface area contributed by atoms with Crippen molar-refractivity contribution in [2.75, 3.05) is 32.7 Å². The average Bonchev–Trinajstić information content (AvgIpc) is 2.93. The van der Waals surface area contributed by atoms with Crippen LogP contribution >= 0.6 is 0 Å². The lowest BCUT2D eigenvalue weighted by Crippen LogP contribution is -2.40. The van der Waals surface area contributed by atoms with Gasteiger partial charge in [-0.3, -0.25) is 14.6 Å². The molecule has 0 bridgehead atoms. The SMILES string of the molecule is CCc1ccc(C(C)NC(=O)CN2CCCN(Cc3ccccc3)CC2)cc1. The molecule has 150 valence electrons. The van der Waals surface area contributed by atoms with Crippen molar-refractivity contribution in [2.24, 2.45) is 0 Å². The number of hydrogen-bond donors (Lipinski definition) is 1. The van der Waals surface area contributed by atoms with Gasteiger partial charge in [0.15, 0.2) is 0 Å². The molecule has 0 spiro atoms. The third-order valence-electron chi connectivity index (χ3n) is 5.56. The molecule has 1 saturated heterocycles. The molecule has 3 rings (SSSR count). The van der Waals surface area contributed by atoms with E-state index in [0.29, 0.717) is 6.54 Å². The largest absolute Gasteiger partial charge is 0.348 e. The molecule has 2 aromatic carbocycles. The van der Waals surface area contributed by atoms with Crippen molar-refractivity contribution in [1.82, 2.24) is 15.1 Å². The van der Waals surface area contributed by atoms with Gasteiger partial charge in [-0.25, -0.2) is 0 Å². The minimum atomic E-state index is 0.0416. The molecule has 0 aromatic heterocycles. The predicted molar refractivity (Wildman–Crippen MR) is 115 cm³/mol. The Balaban J connectivity index is 1.44. The number of rotatable bonds is 7. The molecule has 28 heavy (non-hydrogen) atoms. The monoisotopic (exact) mass is 379 g/mol. The summed E-state index contributed by atoms with van der Waals surface area (Å²) in [7, 11) is 0. The highest BCUT2D eigenvalue weighted by Gasteiger charge is 2.18. The molecule has 1 aliphatic heterocycles. The first-order valence-corrected chi connectivity index (χ1v) is 10.5. The molecule has 0 saturated carbocycles. The van der Waals surface area contributed by atoms with Crippen LogP contribution in [0.1, 0.15) is 43.0 Å². The molecular formula is C24H33N3O. The van der Waals surface area contributed by atoms with E-state index in [2.05, 4.69) is 83.6 Å². The average molecular weight is 380 g/mol. The fraction of sp³-hybridized carbons (Fsp3) is 0.458. The quantitative estimate of drug-likeness (QED) is 0.798. The summed E-state index contributed by atoms with van der Waals surface area (Å²) >= 11 is 0. The molecule has 1 aliphatic rings. The van der Waals surface area contributed by atoms with Gasteiger partial charge in [-0.1, -0.05) is 61.5 Å². The number of nitrogens with zero attached hydrogens (tertiary/aromatic N) is 2. The van der Waals surface area contributed by atoms with Crippen molar-refractivity contribution in [2.45, 2.75) is 39.3 Å². The van der Waals surface area contributed by atoms with Crippen LogP contribution in [0, 0.1) is 0 Å². The topological polar surface area (TPSA) is 35.6 Å². The van der Waals surface area contributed by atoms with E-state index in [4.69, 9.17) is 0 Å². The Bertz CT molecular complexity index is 729. The highest BCUT2D eigenvalue weighted by molar-refractivity contribution is 5.78. The summed E-state index contributed by atoms with van der Waals surface area (Å²) in [6.07, 6.45) is 2.14. The highest BCUT2D eigenvalue weighted by Crippen LogP contribution is 2.14. The number of carbonyl (C=O) groups is 1. The zero-order valence-electron chi connectivity index (χ0n) is 17.2. The Morgan fingerprint density at radius 1 is 0.929 bits per heavy atom. The minimum absolute atomic E-state index is 0.0416. The first-order chi connectivity index (χ1) is 13.6. The van der Waals surface area contributed by atoms with Gasteiger partial charge in [0.2, 0.25) is 5.91 Å². The molecule has 1 unspecified atom stereocenters. The lowest BCUT2D eigenvalue weighted by Gasteiger charge is -2.22. The van der Waals surface area contributed by atoms with E-state index < -0.39 is 0 Å². The third kappa shape index (κ3) is 6.18. The number of hydrogen-bond acceptors (Lipinski definition) is 3. The van der Waals surface area contributed by atoms with Crippen molar-refractivity contribution in [1.29, 1.82) is 0 Å². The van der Waals surface area contributed by atoms with Crippen molar-refractivity contribution in [3.8, 4) is 0 Å². The molecule has 1 N–H and O–H groups in total. The number of aryl methyl sites for hydroxylation is 1. The van der Waals surface area contributed by atoms with Crippen LogP contribution in [0.15, 0.2) is 54.6 Å². The first kappa shape index (κ1) is 20.6. The van der Waals surface area contributed by atoms with E-state index in [0.717, 1.165) is 51.1 Å². The molecule has 1 heterocycles. The Morgan fingerprint density at radius 2 is 1.61 bits per heavy atom. The summed E-state index contributed by atoms with van der Waals surface area (Å²) < 4.78 is 0. The van der Waals surface area contributed by atoms with Crippen LogP contribution in [0.25, 0.3) is 0 Å². The van der Waals surface area contributed by atoms with Gasteiger partial charge in [-0.15, -0.1) is 0 Å². The Morgan fingerprint density at radius 3 is 2.32 bits per heavy atom. The molecule has 1 fully saturated rings. The standard InChI is InChI=1S/C24H33N3O/c1-3-21-10-12-23(13-11-21)20(2)25-24(28)19-27-15-7-14-26(16-17-27)18-22-8-5-4-6-9-22/h4-6,8-13,20H,3,7,14-19H2,1-2H3,(H,25,28). The van der Waals surface area contributed by atoms with E-state index >= 15 is 0 Å². The summed E-state index contributed by atoms with van der Waals surface area (Å²) in [5.74, 6) is 0.114. The van der Waals surface area contributed by atoms with Crippen molar-refractivity contribution >= 4 is 5.91 Å². The van der Waals surface area contributed by atoms with Crippen LogP contribution in [0.3, 0.4) is 0 Å². The maximum atomic E-state index is 12.5. The van der Waals surface area contributed by atoms with Crippen LogP contribution in [-0.2, 0) is 17.8 Å². The summed E-state index contributed by atoms with van der Waals surface area (Å²) in [6, 6.07) is 19.2. The van der Waals surface area contributed by atoms with Crippen LogP contribution in [0.4, 0.5) is 0 Å². The van der Waals surface area contributed by atoms with E-state index in [1.54, 1.807) is 0 Å². The van der Waals surface area contributed by atoms with Gasteiger partial charge in [0.05, 0.1) is 12.6 Å². The molecule has 4 nitrogen and oxygen atoms in total. The van der Waals surface area contributed by atoms with Crippen LogP contribution < -0.4 is 5.32 Å². The number of nitrogens with one attached hydrogen (secondary N) is 1. The van der Waals surface area contributed by atoms with E-state index in [9.17, 15) is 4.79 Å². The van der Waals surface area contributed by atoms with Gasteiger partial charge >= 0.3 is 0 Å². The van der Waals surface area contributed by atoms with Gasteiger partial charge in [-0.2, -0.15) is 0 Å². The van der Waals surface area contributed by atoms with Crippen molar-refractivity contribution in [3.05, 3.63) is 71.3 Å². The Hall–Kier alpha value is -2.17. The molecule has 1 atom stereocenters. The fourth-order valence-corrected chi connectivity index (χ4v) is 3.80. The summed E-state index contributed by atoms with van der Waals surface area (Å²) in [6.45, 7) is 9.72. The lowest BCUT2D eigenvalue weighted by molar-refractivity contribution is -0.122. The van der Waals surface area contributed by atoms with Crippen LogP contribution in [-0.4, -0.2) is 48.4 Å². The van der Waals surface area contributed by atoms with Crippen LogP contribution in [0.2, 0.25) is 0 Å². The van der Waals surface area contributed by atoms with Gasteiger partial charge in [0.25, 0.3) is 0 Å². The second-order valence-corrected chi connectivity index (χ2v) is 7.78. The second-order valence-electron chi connectivity index (χ2n) is 7.78. The first-order valence-electron chi connectivity index (χ1n) is 10.5. The number of benzene rings is 2. The van der Waals surface area contributed by atoms with Crippen molar-refractivity contribution in [3.63, 3.8) is 0 Å². The fourth-order valence-electron chi connectivity index (χ4n) is 3.80.